The highest BCUT2D eigenvalue weighted by molar-refractivity contribution is 5.03. The van der Waals surface area contributed by atoms with Gasteiger partial charge in [0.1, 0.15) is 0 Å². The minimum Gasteiger partial charge on any atom is -0.379 e. The molecule has 1 rings (SSSR count). The molecule has 0 spiro atoms. The summed E-state index contributed by atoms with van der Waals surface area (Å²) in [5.74, 6) is 0. The smallest absolute Gasteiger partial charge is 0.0873 e. The molecule has 2 nitrogen and oxygen atoms in total. The van der Waals surface area contributed by atoms with Crippen LogP contribution in [0.3, 0.4) is 0 Å². The van der Waals surface area contributed by atoms with Crippen molar-refractivity contribution in [2.24, 2.45) is 0 Å². The van der Waals surface area contributed by atoms with Crippen molar-refractivity contribution in [3.63, 3.8) is 0 Å². The lowest BCUT2D eigenvalue weighted by atomic mass is 9.91. The average molecular weight is 170 g/mol. The quantitative estimate of drug-likeness (QED) is 0.604. The van der Waals surface area contributed by atoms with Gasteiger partial charge in [0.05, 0.1) is 12.2 Å². The molecule has 2 atom stereocenters. The fourth-order valence-corrected chi connectivity index (χ4v) is 1.70. The van der Waals surface area contributed by atoms with Crippen molar-refractivity contribution >= 4 is 0 Å². The van der Waals surface area contributed by atoms with Gasteiger partial charge in [-0.25, -0.2) is 0 Å². The van der Waals surface area contributed by atoms with E-state index in [1.807, 2.05) is 6.92 Å². The zero-order chi connectivity index (χ0) is 8.97. The van der Waals surface area contributed by atoms with Crippen LogP contribution in [0, 0.1) is 0 Å². The minimum absolute atomic E-state index is 0.237. The van der Waals surface area contributed by atoms with Gasteiger partial charge in [-0.3, -0.25) is 0 Å². The van der Waals surface area contributed by atoms with E-state index in [2.05, 4.69) is 6.58 Å². The third-order valence-electron chi connectivity index (χ3n) is 2.37. The number of hydrogen-bond acceptors (Lipinski definition) is 2. The highest BCUT2D eigenvalue weighted by Gasteiger charge is 2.26. The van der Waals surface area contributed by atoms with Crippen molar-refractivity contribution in [2.75, 3.05) is 13.7 Å². The average Bonchev–Trinajstić information content (AvgIpc) is 2.05. The van der Waals surface area contributed by atoms with E-state index in [1.54, 1.807) is 7.11 Å². The Balaban J connectivity index is 2.45. The van der Waals surface area contributed by atoms with Crippen LogP contribution in [0.15, 0.2) is 12.2 Å². The molecule has 0 aromatic heterocycles. The second-order valence-corrected chi connectivity index (χ2v) is 3.26. The molecule has 2 heteroatoms. The standard InChI is InChI=1S/C10H18O2/c1-4-12-10-7-8(2)5-6-9(10)11-3/h9-10H,2,4-7H2,1,3H3. The molecule has 12 heavy (non-hydrogen) atoms. The first-order chi connectivity index (χ1) is 5.77. The van der Waals surface area contributed by atoms with Crippen LogP contribution >= 0.6 is 0 Å². The zero-order valence-electron chi connectivity index (χ0n) is 8.01. The van der Waals surface area contributed by atoms with Gasteiger partial charge < -0.3 is 9.47 Å². The monoisotopic (exact) mass is 170 g/mol. The summed E-state index contributed by atoms with van der Waals surface area (Å²) in [7, 11) is 1.75. The lowest BCUT2D eigenvalue weighted by Crippen LogP contribution is -2.34. The van der Waals surface area contributed by atoms with Gasteiger partial charge in [0.15, 0.2) is 0 Å². The molecule has 0 saturated heterocycles. The highest BCUT2D eigenvalue weighted by atomic mass is 16.5. The first-order valence-electron chi connectivity index (χ1n) is 4.59. The normalized spacial score (nSPS) is 30.7. The van der Waals surface area contributed by atoms with Crippen molar-refractivity contribution in [1.82, 2.24) is 0 Å². The molecule has 1 saturated carbocycles. The Labute approximate surface area is 74.6 Å². The summed E-state index contributed by atoms with van der Waals surface area (Å²) in [5, 5.41) is 0. The van der Waals surface area contributed by atoms with E-state index >= 15 is 0 Å². The summed E-state index contributed by atoms with van der Waals surface area (Å²) >= 11 is 0. The Morgan fingerprint density at radius 1 is 1.50 bits per heavy atom. The molecule has 0 bridgehead atoms. The maximum Gasteiger partial charge on any atom is 0.0873 e. The van der Waals surface area contributed by atoms with Crippen LogP contribution in [-0.4, -0.2) is 25.9 Å². The largest absolute Gasteiger partial charge is 0.379 e. The van der Waals surface area contributed by atoms with Crippen LogP contribution in [0.25, 0.3) is 0 Å². The molecule has 70 valence electrons. The molecule has 0 amide bonds. The van der Waals surface area contributed by atoms with Crippen molar-refractivity contribution in [3.05, 3.63) is 12.2 Å². The van der Waals surface area contributed by atoms with E-state index in [0.717, 1.165) is 25.9 Å². The van der Waals surface area contributed by atoms with Crippen LogP contribution in [-0.2, 0) is 9.47 Å². The van der Waals surface area contributed by atoms with Gasteiger partial charge in [-0.1, -0.05) is 12.2 Å². The fourth-order valence-electron chi connectivity index (χ4n) is 1.70. The molecule has 0 aliphatic heterocycles. The van der Waals surface area contributed by atoms with Crippen molar-refractivity contribution in [1.29, 1.82) is 0 Å². The molecule has 2 unspecified atom stereocenters. The molecule has 0 N–H and O–H groups in total. The predicted octanol–water partition coefficient (Wildman–Crippen LogP) is 2.15. The summed E-state index contributed by atoms with van der Waals surface area (Å²) in [6, 6.07) is 0. The zero-order valence-corrected chi connectivity index (χ0v) is 8.01. The van der Waals surface area contributed by atoms with Gasteiger partial charge in [0.25, 0.3) is 0 Å². The second-order valence-electron chi connectivity index (χ2n) is 3.26. The number of rotatable bonds is 3. The summed E-state index contributed by atoms with van der Waals surface area (Å²) < 4.78 is 10.9. The fraction of sp³-hybridized carbons (Fsp3) is 0.800. The summed E-state index contributed by atoms with van der Waals surface area (Å²) in [6.07, 6.45) is 3.62. The van der Waals surface area contributed by atoms with E-state index < -0.39 is 0 Å². The van der Waals surface area contributed by atoms with Crippen LogP contribution in [0.2, 0.25) is 0 Å². The van der Waals surface area contributed by atoms with E-state index in [1.165, 1.54) is 5.57 Å². The first kappa shape index (κ1) is 9.75. The Kier molecular flexibility index (Phi) is 3.76. The van der Waals surface area contributed by atoms with Gasteiger partial charge in [-0.15, -0.1) is 0 Å². The van der Waals surface area contributed by atoms with Crippen LogP contribution < -0.4 is 0 Å². The first-order valence-corrected chi connectivity index (χ1v) is 4.59. The molecular formula is C10H18O2. The van der Waals surface area contributed by atoms with Gasteiger partial charge in [-0.05, 0) is 26.2 Å². The second kappa shape index (κ2) is 4.63. The van der Waals surface area contributed by atoms with E-state index in [0.29, 0.717) is 0 Å². The van der Waals surface area contributed by atoms with Gasteiger partial charge in [0, 0.05) is 13.7 Å². The number of hydrogen-bond donors (Lipinski definition) is 0. The van der Waals surface area contributed by atoms with Gasteiger partial charge in [-0.2, -0.15) is 0 Å². The maximum atomic E-state index is 5.57. The summed E-state index contributed by atoms with van der Waals surface area (Å²) in [6.45, 7) is 6.76. The Bertz CT molecular complexity index is 154. The molecule has 0 radical (unpaired) electrons. The lowest BCUT2D eigenvalue weighted by molar-refractivity contribution is -0.0632. The van der Waals surface area contributed by atoms with Crippen LogP contribution in [0.1, 0.15) is 26.2 Å². The van der Waals surface area contributed by atoms with Crippen molar-refractivity contribution in [3.8, 4) is 0 Å². The molecule has 1 aliphatic rings. The summed E-state index contributed by atoms with van der Waals surface area (Å²) in [5.41, 5.74) is 1.29. The molecule has 0 aromatic carbocycles. The third kappa shape index (κ3) is 2.32. The number of methoxy groups -OCH3 is 1. The molecule has 1 fully saturated rings. The molecular weight excluding hydrogens is 152 g/mol. The van der Waals surface area contributed by atoms with E-state index in [-0.39, 0.29) is 12.2 Å². The lowest BCUT2D eigenvalue weighted by Gasteiger charge is -2.31. The Morgan fingerprint density at radius 3 is 2.83 bits per heavy atom. The van der Waals surface area contributed by atoms with E-state index in [9.17, 15) is 0 Å². The molecule has 1 aliphatic carbocycles. The topological polar surface area (TPSA) is 18.5 Å². The van der Waals surface area contributed by atoms with Crippen LogP contribution in [0.4, 0.5) is 0 Å². The highest BCUT2D eigenvalue weighted by Crippen LogP contribution is 2.26. The summed E-state index contributed by atoms with van der Waals surface area (Å²) in [4.78, 5) is 0. The predicted molar refractivity (Wildman–Crippen MR) is 49.2 cm³/mol. The maximum absolute atomic E-state index is 5.57. The number of ether oxygens (including phenoxy) is 2. The third-order valence-corrected chi connectivity index (χ3v) is 2.37. The Morgan fingerprint density at radius 2 is 2.25 bits per heavy atom. The molecule has 0 aromatic rings. The van der Waals surface area contributed by atoms with E-state index in [4.69, 9.17) is 9.47 Å². The van der Waals surface area contributed by atoms with Crippen molar-refractivity contribution < 1.29 is 9.47 Å². The molecule has 0 heterocycles. The van der Waals surface area contributed by atoms with Crippen LogP contribution in [0.5, 0.6) is 0 Å². The van der Waals surface area contributed by atoms with Gasteiger partial charge in [0.2, 0.25) is 0 Å². The van der Waals surface area contributed by atoms with Gasteiger partial charge >= 0.3 is 0 Å². The minimum atomic E-state index is 0.237. The van der Waals surface area contributed by atoms with Crippen molar-refractivity contribution in [2.45, 2.75) is 38.4 Å². The Hall–Kier alpha value is -0.340. The SMILES string of the molecule is C=C1CCC(OC)C(OCC)C1.